The molecular formula is C26H28Cl2FN5O2S. The van der Waals surface area contributed by atoms with Gasteiger partial charge in [0.25, 0.3) is 5.91 Å². The van der Waals surface area contributed by atoms with E-state index < -0.39 is 11.9 Å². The first-order valence-electron chi connectivity index (χ1n) is 11.6. The number of hydrogen-bond donors (Lipinski definition) is 2. The second-order valence-corrected chi connectivity index (χ2v) is 10.6. The van der Waals surface area contributed by atoms with E-state index >= 15 is 0 Å². The number of benzene rings is 2. The van der Waals surface area contributed by atoms with Crippen LogP contribution in [0.2, 0.25) is 10.0 Å². The molecule has 1 atom stereocenters. The third kappa shape index (κ3) is 7.80. The number of aryl methyl sites for hydroxylation is 1. The molecule has 3 rings (SSSR count). The van der Waals surface area contributed by atoms with Crippen LogP contribution in [0.5, 0.6) is 0 Å². The van der Waals surface area contributed by atoms with Gasteiger partial charge in [-0.3, -0.25) is 9.59 Å². The highest BCUT2D eigenvalue weighted by molar-refractivity contribution is 7.99. The second kappa shape index (κ2) is 13.1. The summed E-state index contributed by atoms with van der Waals surface area (Å²) in [6, 6.07) is 8.44. The quantitative estimate of drug-likeness (QED) is 0.206. The van der Waals surface area contributed by atoms with Crippen LogP contribution in [0.3, 0.4) is 0 Å². The second-order valence-electron chi connectivity index (χ2n) is 8.82. The van der Waals surface area contributed by atoms with Crippen molar-refractivity contribution in [3.8, 4) is 0 Å². The fraction of sp³-hybridized carbons (Fsp3) is 0.308. The molecule has 0 saturated heterocycles. The minimum atomic E-state index is -0.468. The standard InChI is InChI=1S/C26H28Cl2FN5O2S/c1-5-10-34-24(22(11-15(2)3)31-25(36)19-9-7-17(27)12-20(19)28)32-33-26(34)37-14-23(35)30-21-13-18(29)8-6-16(21)4/h5-9,12-13,15,22H,1,10-11,14H2,2-4H3,(H,30,35)(H,31,36)/t22-/m0/s1. The van der Waals surface area contributed by atoms with Gasteiger partial charge in [0.15, 0.2) is 11.0 Å². The Labute approximate surface area is 229 Å². The third-order valence-electron chi connectivity index (χ3n) is 5.36. The number of amides is 2. The number of nitrogens with one attached hydrogen (secondary N) is 2. The molecule has 2 amide bonds. The van der Waals surface area contributed by atoms with Crippen LogP contribution >= 0.6 is 35.0 Å². The molecule has 0 bridgehead atoms. The van der Waals surface area contributed by atoms with Crippen molar-refractivity contribution in [1.29, 1.82) is 0 Å². The van der Waals surface area contributed by atoms with E-state index in [-0.39, 0.29) is 28.5 Å². The molecule has 3 aromatic rings. The lowest BCUT2D eigenvalue weighted by Crippen LogP contribution is -2.32. The number of halogens is 3. The summed E-state index contributed by atoms with van der Waals surface area (Å²) >= 11 is 13.4. The molecule has 1 aromatic heterocycles. The van der Waals surface area contributed by atoms with Gasteiger partial charge in [-0.1, -0.05) is 61.0 Å². The molecule has 1 heterocycles. The number of thioether (sulfide) groups is 1. The van der Waals surface area contributed by atoms with Crippen LogP contribution in [0.1, 0.15) is 48.1 Å². The van der Waals surface area contributed by atoms with Crippen LogP contribution in [0.15, 0.2) is 54.2 Å². The topological polar surface area (TPSA) is 88.9 Å². The maximum Gasteiger partial charge on any atom is 0.253 e. The van der Waals surface area contributed by atoms with Crippen molar-refractivity contribution in [3.63, 3.8) is 0 Å². The van der Waals surface area contributed by atoms with E-state index in [0.29, 0.717) is 40.2 Å². The van der Waals surface area contributed by atoms with Gasteiger partial charge < -0.3 is 15.2 Å². The number of allylic oxidation sites excluding steroid dienone is 1. The molecule has 7 nitrogen and oxygen atoms in total. The van der Waals surface area contributed by atoms with E-state index in [0.717, 1.165) is 5.56 Å². The molecule has 0 saturated carbocycles. The highest BCUT2D eigenvalue weighted by atomic mass is 35.5. The average Bonchev–Trinajstić information content (AvgIpc) is 3.22. The number of carbonyl (C=O) groups is 2. The summed E-state index contributed by atoms with van der Waals surface area (Å²) in [4.78, 5) is 25.6. The minimum Gasteiger partial charge on any atom is -0.342 e. The minimum absolute atomic E-state index is 0.0345. The zero-order chi connectivity index (χ0) is 27.1. The fourth-order valence-corrected chi connectivity index (χ4v) is 4.87. The SMILES string of the molecule is C=CCn1c(SCC(=O)Nc2cc(F)ccc2C)nnc1[C@H](CC(C)C)NC(=O)c1ccc(Cl)cc1Cl. The summed E-state index contributed by atoms with van der Waals surface area (Å²) in [5.74, 6) is -0.293. The van der Waals surface area contributed by atoms with Crippen LogP contribution in [0.4, 0.5) is 10.1 Å². The van der Waals surface area contributed by atoms with Gasteiger partial charge in [-0.25, -0.2) is 4.39 Å². The molecule has 37 heavy (non-hydrogen) atoms. The van der Waals surface area contributed by atoms with Crippen molar-refractivity contribution in [2.45, 2.75) is 44.9 Å². The Morgan fingerprint density at radius 3 is 2.62 bits per heavy atom. The average molecular weight is 565 g/mol. The molecular weight excluding hydrogens is 536 g/mol. The molecule has 2 aromatic carbocycles. The Bertz CT molecular complexity index is 1300. The first kappa shape index (κ1) is 28.7. The molecule has 0 unspecified atom stereocenters. The van der Waals surface area contributed by atoms with E-state index in [2.05, 4.69) is 27.4 Å². The van der Waals surface area contributed by atoms with Gasteiger partial charge in [0.2, 0.25) is 5.91 Å². The molecule has 0 aliphatic heterocycles. The summed E-state index contributed by atoms with van der Waals surface area (Å²) in [5.41, 5.74) is 1.47. The Morgan fingerprint density at radius 2 is 1.95 bits per heavy atom. The molecule has 11 heteroatoms. The van der Waals surface area contributed by atoms with Gasteiger partial charge in [-0.05, 0) is 55.2 Å². The predicted molar refractivity (Wildman–Crippen MR) is 147 cm³/mol. The van der Waals surface area contributed by atoms with Crippen LogP contribution in [0.25, 0.3) is 0 Å². The smallest absolute Gasteiger partial charge is 0.253 e. The predicted octanol–water partition coefficient (Wildman–Crippen LogP) is 6.47. The molecule has 0 fully saturated rings. The molecule has 0 spiro atoms. The summed E-state index contributed by atoms with van der Waals surface area (Å²) < 4.78 is 15.4. The lowest BCUT2D eigenvalue weighted by molar-refractivity contribution is -0.113. The number of hydrogen-bond acceptors (Lipinski definition) is 5. The van der Waals surface area contributed by atoms with E-state index in [1.54, 1.807) is 31.2 Å². The van der Waals surface area contributed by atoms with Crippen molar-refractivity contribution in [2.75, 3.05) is 11.1 Å². The molecule has 196 valence electrons. The van der Waals surface area contributed by atoms with Crippen molar-refractivity contribution in [3.05, 3.63) is 81.9 Å². The van der Waals surface area contributed by atoms with E-state index in [9.17, 15) is 14.0 Å². The highest BCUT2D eigenvalue weighted by Crippen LogP contribution is 2.27. The van der Waals surface area contributed by atoms with Crippen molar-refractivity contribution in [1.82, 2.24) is 20.1 Å². The Hall–Kier alpha value is -2.88. The Morgan fingerprint density at radius 1 is 1.19 bits per heavy atom. The van der Waals surface area contributed by atoms with E-state index in [1.165, 1.54) is 30.0 Å². The van der Waals surface area contributed by atoms with E-state index in [1.807, 2.05) is 18.4 Å². The monoisotopic (exact) mass is 563 g/mol. The molecule has 0 aliphatic carbocycles. The fourth-order valence-electron chi connectivity index (χ4n) is 3.62. The van der Waals surface area contributed by atoms with Gasteiger partial charge in [-0.2, -0.15) is 0 Å². The molecule has 0 radical (unpaired) electrons. The van der Waals surface area contributed by atoms with Crippen LogP contribution < -0.4 is 10.6 Å². The molecule has 2 N–H and O–H groups in total. The zero-order valence-corrected chi connectivity index (χ0v) is 23.1. The third-order valence-corrected chi connectivity index (χ3v) is 6.88. The first-order valence-corrected chi connectivity index (χ1v) is 13.3. The summed E-state index contributed by atoms with van der Waals surface area (Å²) in [6.45, 7) is 10.1. The van der Waals surface area contributed by atoms with Gasteiger partial charge in [-0.15, -0.1) is 16.8 Å². The number of rotatable bonds is 11. The van der Waals surface area contributed by atoms with E-state index in [4.69, 9.17) is 23.2 Å². The van der Waals surface area contributed by atoms with Gasteiger partial charge in [0.1, 0.15) is 5.82 Å². The summed E-state index contributed by atoms with van der Waals surface area (Å²) in [5, 5.41) is 15.5. The largest absolute Gasteiger partial charge is 0.342 e. The van der Waals surface area contributed by atoms with Crippen molar-refractivity contribution >= 4 is 52.5 Å². The van der Waals surface area contributed by atoms with Crippen LogP contribution in [-0.2, 0) is 11.3 Å². The lowest BCUT2D eigenvalue weighted by atomic mass is 10.0. The molecule has 0 aliphatic rings. The van der Waals surface area contributed by atoms with Crippen molar-refractivity contribution in [2.24, 2.45) is 5.92 Å². The van der Waals surface area contributed by atoms with Gasteiger partial charge >= 0.3 is 0 Å². The summed E-state index contributed by atoms with van der Waals surface area (Å²) in [6.07, 6.45) is 2.29. The maximum atomic E-state index is 13.6. The zero-order valence-electron chi connectivity index (χ0n) is 20.7. The number of aromatic nitrogens is 3. The normalized spacial score (nSPS) is 11.9. The van der Waals surface area contributed by atoms with Crippen LogP contribution in [0, 0.1) is 18.7 Å². The Balaban J connectivity index is 1.79. The number of anilines is 1. The number of nitrogens with zero attached hydrogens (tertiary/aromatic N) is 3. The first-order chi connectivity index (χ1) is 17.6. The number of carbonyl (C=O) groups excluding carboxylic acids is 2. The highest BCUT2D eigenvalue weighted by Gasteiger charge is 2.25. The van der Waals surface area contributed by atoms with Gasteiger partial charge in [0.05, 0.1) is 22.4 Å². The van der Waals surface area contributed by atoms with Gasteiger partial charge in [0, 0.05) is 17.3 Å². The van der Waals surface area contributed by atoms with Crippen LogP contribution in [-0.4, -0.2) is 32.3 Å². The lowest BCUT2D eigenvalue weighted by Gasteiger charge is -2.21. The Kier molecular flexibility index (Phi) is 10.1. The van der Waals surface area contributed by atoms with Crippen molar-refractivity contribution < 1.29 is 14.0 Å². The summed E-state index contributed by atoms with van der Waals surface area (Å²) in [7, 11) is 0. The maximum absolute atomic E-state index is 13.6.